The molecule has 1 fully saturated rings. The summed E-state index contributed by atoms with van der Waals surface area (Å²) in [5.41, 5.74) is 1.33. The number of hydrogen-bond acceptors (Lipinski definition) is 4. The smallest absolute Gasteiger partial charge is 0.292 e. The van der Waals surface area contributed by atoms with E-state index in [2.05, 4.69) is 0 Å². The average Bonchev–Trinajstić information content (AvgIpc) is 3.22. The van der Waals surface area contributed by atoms with E-state index in [-0.39, 0.29) is 5.91 Å². The minimum Gasteiger partial charge on any atom is -0.494 e. The van der Waals surface area contributed by atoms with Gasteiger partial charge < -0.3 is 19.1 Å². The summed E-state index contributed by atoms with van der Waals surface area (Å²) in [5, 5.41) is 1.17. The maximum Gasteiger partial charge on any atom is 0.292 e. The quantitative estimate of drug-likeness (QED) is 0.720. The standard InChI is InChI=1S/C19H17Cl2NO4/c20-13-5-7-14(8-6-13)24-10-2-9-22-17-15(3-1-4-16(17)21)19(18(22)23)25-11-12-26-19/h1,3-8H,2,9-12H2. The molecule has 1 amide bonds. The van der Waals surface area contributed by atoms with Crippen molar-refractivity contribution in [2.75, 3.05) is 31.3 Å². The van der Waals surface area contributed by atoms with E-state index in [9.17, 15) is 4.79 Å². The molecule has 1 saturated heterocycles. The number of para-hydroxylation sites is 1. The van der Waals surface area contributed by atoms with Crippen molar-refractivity contribution in [2.45, 2.75) is 12.2 Å². The fourth-order valence-electron chi connectivity index (χ4n) is 3.30. The fourth-order valence-corrected chi connectivity index (χ4v) is 3.70. The van der Waals surface area contributed by atoms with Crippen molar-refractivity contribution in [3.8, 4) is 5.75 Å². The van der Waals surface area contributed by atoms with E-state index in [4.69, 9.17) is 37.4 Å². The van der Waals surface area contributed by atoms with Gasteiger partial charge in [0.25, 0.3) is 11.7 Å². The molecule has 0 N–H and O–H groups in total. The van der Waals surface area contributed by atoms with Crippen molar-refractivity contribution < 1.29 is 19.0 Å². The van der Waals surface area contributed by atoms with Crippen molar-refractivity contribution in [1.29, 1.82) is 0 Å². The molecule has 0 radical (unpaired) electrons. The van der Waals surface area contributed by atoms with Gasteiger partial charge in [0.1, 0.15) is 5.75 Å². The Morgan fingerprint density at radius 2 is 1.81 bits per heavy atom. The van der Waals surface area contributed by atoms with Gasteiger partial charge in [0.2, 0.25) is 0 Å². The lowest BCUT2D eigenvalue weighted by Crippen LogP contribution is -2.41. The summed E-state index contributed by atoms with van der Waals surface area (Å²) in [6.45, 7) is 1.67. The molecule has 5 nitrogen and oxygen atoms in total. The summed E-state index contributed by atoms with van der Waals surface area (Å²) in [6, 6.07) is 12.6. The highest BCUT2D eigenvalue weighted by Gasteiger charge is 2.56. The van der Waals surface area contributed by atoms with Crippen molar-refractivity contribution in [3.05, 3.63) is 58.1 Å². The number of nitrogens with zero attached hydrogens (tertiary/aromatic N) is 1. The van der Waals surface area contributed by atoms with Crippen molar-refractivity contribution in [2.24, 2.45) is 0 Å². The minimum atomic E-state index is -1.35. The number of fused-ring (bicyclic) bond motifs is 2. The molecule has 2 aromatic rings. The molecule has 0 aliphatic carbocycles. The second-order valence-corrected chi connectivity index (χ2v) is 6.91. The van der Waals surface area contributed by atoms with Gasteiger partial charge in [0.15, 0.2) is 0 Å². The van der Waals surface area contributed by atoms with Crippen molar-refractivity contribution in [3.63, 3.8) is 0 Å². The number of carbonyl (C=O) groups excluding carboxylic acids is 1. The third-order valence-electron chi connectivity index (χ3n) is 4.44. The molecule has 2 aliphatic rings. The third kappa shape index (κ3) is 2.95. The van der Waals surface area contributed by atoms with Crippen LogP contribution in [0.4, 0.5) is 5.69 Å². The average molecular weight is 394 g/mol. The van der Waals surface area contributed by atoms with Crippen LogP contribution in [-0.2, 0) is 20.1 Å². The number of amides is 1. The summed E-state index contributed by atoms with van der Waals surface area (Å²) in [5.74, 6) is -0.846. The zero-order chi connectivity index (χ0) is 18.1. The predicted octanol–water partition coefficient (Wildman–Crippen LogP) is 4.01. The molecule has 2 heterocycles. The Labute approximate surface area is 161 Å². The Bertz CT molecular complexity index is 819. The number of halogens is 2. The monoisotopic (exact) mass is 393 g/mol. The number of anilines is 1. The van der Waals surface area contributed by atoms with Crippen LogP contribution in [0.3, 0.4) is 0 Å². The van der Waals surface area contributed by atoms with Crippen LogP contribution in [0.5, 0.6) is 5.75 Å². The molecule has 1 spiro atoms. The Hall–Kier alpha value is -1.79. The molecule has 2 aromatic carbocycles. The van der Waals surface area contributed by atoms with Crippen LogP contribution >= 0.6 is 23.2 Å². The van der Waals surface area contributed by atoms with Gasteiger partial charge in [-0.05, 0) is 36.8 Å². The molecule has 0 unspecified atom stereocenters. The second-order valence-electron chi connectivity index (χ2n) is 6.06. The van der Waals surface area contributed by atoms with Gasteiger partial charge in [-0.15, -0.1) is 0 Å². The Balaban J connectivity index is 1.47. The van der Waals surface area contributed by atoms with Crippen molar-refractivity contribution in [1.82, 2.24) is 0 Å². The van der Waals surface area contributed by atoms with Gasteiger partial charge in [0, 0.05) is 17.1 Å². The number of ether oxygens (including phenoxy) is 3. The fraction of sp³-hybridized carbons (Fsp3) is 0.316. The lowest BCUT2D eigenvalue weighted by atomic mass is 10.1. The Kier molecular flexibility index (Phi) is 4.80. The van der Waals surface area contributed by atoms with Crippen LogP contribution in [0, 0.1) is 0 Å². The summed E-state index contributed by atoms with van der Waals surface area (Å²) in [4.78, 5) is 14.6. The highest BCUT2D eigenvalue weighted by molar-refractivity contribution is 6.35. The number of rotatable bonds is 5. The maximum atomic E-state index is 13.0. The molecule has 26 heavy (non-hydrogen) atoms. The van der Waals surface area contributed by atoms with Crippen LogP contribution in [0.1, 0.15) is 12.0 Å². The van der Waals surface area contributed by atoms with Gasteiger partial charge in [-0.3, -0.25) is 4.79 Å². The molecule has 2 aliphatic heterocycles. The first-order valence-electron chi connectivity index (χ1n) is 8.39. The van der Waals surface area contributed by atoms with Crippen LogP contribution in [0.25, 0.3) is 0 Å². The van der Waals surface area contributed by atoms with E-state index in [1.165, 1.54) is 0 Å². The summed E-state index contributed by atoms with van der Waals surface area (Å²) in [6.07, 6.45) is 0.634. The first-order chi connectivity index (χ1) is 12.6. The summed E-state index contributed by atoms with van der Waals surface area (Å²) < 4.78 is 17.1. The van der Waals surface area contributed by atoms with Crippen LogP contribution in [-0.4, -0.2) is 32.3 Å². The van der Waals surface area contributed by atoms with E-state index in [0.717, 1.165) is 5.75 Å². The molecule has 0 bridgehead atoms. The topological polar surface area (TPSA) is 48.0 Å². The zero-order valence-corrected chi connectivity index (χ0v) is 15.4. The van der Waals surface area contributed by atoms with E-state index in [0.29, 0.717) is 54.1 Å². The third-order valence-corrected chi connectivity index (χ3v) is 5.00. The van der Waals surface area contributed by atoms with Crippen LogP contribution < -0.4 is 9.64 Å². The van der Waals surface area contributed by atoms with Crippen molar-refractivity contribution >= 4 is 34.8 Å². The van der Waals surface area contributed by atoms with Gasteiger partial charge in [-0.25, -0.2) is 0 Å². The lowest BCUT2D eigenvalue weighted by Gasteiger charge is -2.22. The molecular formula is C19H17Cl2NO4. The second kappa shape index (κ2) is 7.08. The van der Waals surface area contributed by atoms with Gasteiger partial charge in [-0.2, -0.15) is 0 Å². The van der Waals surface area contributed by atoms with E-state index < -0.39 is 5.79 Å². The summed E-state index contributed by atoms with van der Waals surface area (Å²) in [7, 11) is 0. The number of carbonyl (C=O) groups is 1. The lowest BCUT2D eigenvalue weighted by molar-refractivity contribution is -0.180. The highest BCUT2D eigenvalue weighted by atomic mass is 35.5. The number of benzene rings is 2. The predicted molar refractivity (Wildman–Crippen MR) is 99.0 cm³/mol. The molecule has 7 heteroatoms. The Morgan fingerprint density at radius 3 is 2.54 bits per heavy atom. The van der Waals surface area contributed by atoms with Gasteiger partial charge in [0.05, 0.1) is 30.5 Å². The largest absolute Gasteiger partial charge is 0.494 e. The molecule has 136 valence electrons. The first kappa shape index (κ1) is 17.6. The molecular weight excluding hydrogens is 377 g/mol. The molecule has 4 rings (SSSR count). The van der Waals surface area contributed by atoms with E-state index >= 15 is 0 Å². The van der Waals surface area contributed by atoms with Crippen LogP contribution in [0.2, 0.25) is 10.0 Å². The minimum absolute atomic E-state index is 0.232. The molecule has 0 aromatic heterocycles. The maximum absolute atomic E-state index is 13.0. The summed E-state index contributed by atoms with van der Waals surface area (Å²) >= 11 is 12.2. The number of hydrogen-bond donors (Lipinski definition) is 0. The van der Waals surface area contributed by atoms with Gasteiger partial charge >= 0.3 is 0 Å². The zero-order valence-electron chi connectivity index (χ0n) is 13.9. The SMILES string of the molecule is O=C1N(CCCOc2ccc(Cl)cc2)c2c(Cl)cccc2C12OCCO2. The van der Waals surface area contributed by atoms with E-state index in [1.54, 1.807) is 29.2 Å². The normalized spacial score (nSPS) is 17.8. The molecule has 0 atom stereocenters. The van der Waals surface area contributed by atoms with E-state index in [1.807, 2.05) is 18.2 Å². The molecule has 0 saturated carbocycles. The first-order valence-corrected chi connectivity index (χ1v) is 9.15. The van der Waals surface area contributed by atoms with Crippen LogP contribution in [0.15, 0.2) is 42.5 Å². The Morgan fingerprint density at radius 1 is 1.08 bits per heavy atom. The van der Waals surface area contributed by atoms with Gasteiger partial charge in [-0.1, -0.05) is 35.3 Å². The highest BCUT2D eigenvalue weighted by Crippen LogP contribution is 2.48.